The zero-order valence-corrected chi connectivity index (χ0v) is 7.67. The van der Waals surface area contributed by atoms with Gasteiger partial charge in [0.2, 0.25) is 5.88 Å². The van der Waals surface area contributed by atoms with Gasteiger partial charge in [0.05, 0.1) is 13.2 Å². The number of ether oxygens (including phenoxy) is 1. The van der Waals surface area contributed by atoms with E-state index >= 15 is 0 Å². The second-order valence-electron chi connectivity index (χ2n) is 3.02. The summed E-state index contributed by atoms with van der Waals surface area (Å²) in [6.45, 7) is 0. The van der Waals surface area contributed by atoms with Crippen LogP contribution in [0, 0.1) is 0 Å². The van der Waals surface area contributed by atoms with Crippen LogP contribution in [0.3, 0.4) is 0 Å². The molecule has 0 saturated heterocycles. The van der Waals surface area contributed by atoms with Crippen molar-refractivity contribution < 1.29 is 9.84 Å². The third kappa shape index (κ3) is 1.21. The first-order valence-corrected chi connectivity index (χ1v) is 4.77. The zero-order valence-electron chi connectivity index (χ0n) is 6.86. The van der Waals surface area contributed by atoms with Gasteiger partial charge in [0, 0.05) is 16.9 Å². The van der Waals surface area contributed by atoms with E-state index in [0.717, 1.165) is 17.7 Å². The zero-order chi connectivity index (χ0) is 8.55. The van der Waals surface area contributed by atoms with Crippen LogP contribution in [0.5, 0.6) is 5.88 Å². The van der Waals surface area contributed by atoms with Gasteiger partial charge in [-0.25, -0.2) is 0 Å². The number of rotatable bonds is 2. The molecule has 2 rings (SSSR count). The van der Waals surface area contributed by atoms with Crippen LogP contribution in [0.4, 0.5) is 0 Å². The predicted molar refractivity (Wildman–Crippen MR) is 46.6 cm³/mol. The minimum Gasteiger partial charge on any atom is -0.480 e. The van der Waals surface area contributed by atoms with Gasteiger partial charge < -0.3 is 9.84 Å². The normalized spacial score (nSPS) is 28.2. The number of hydrogen-bond donors (Lipinski definition) is 1. The third-order valence-corrected chi connectivity index (χ3v) is 3.22. The lowest BCUT2D eigenvalue weighted by Gasteiger charge is -2.30. The average Bonchev–Trinajstić information content (AvgIpc) is 2.50. The van der Waals surface area contributed by atoms with Gasteiger partial charge >= 0.3 is 0 Å². The molecule has 3 nitrogen and oxygen atoms in total. The summed E-state index contributed by atoms with van der Waals surface area (Å²) in [5.74, 6) is 0.973. The first-order chi connectivity index (χ1) is 5.81. The predicted octanol–water partition coefficient (Wildman–Crippen LogP) is 1.39. The summed E-state index contributed by atoms with van der Waals surface area (Å²) in [7, 11) is 1.61. The molecule has 1 saturated carbocycles. The standard InChI is InChI=1S/C8H11NO2S/c1-11-8-4-7(12-9-8)5-2-3-6(5)10/h4-6,10H,2-3H2,1H3. The molecule has 0 spiro atoms. The van der Waals surface area contributed by atoms with Crippen molar-refractivity contribution in [2.45, 2.75) is 24.9 Å². The molecular weight excluding hydrogens is 174 g/mol. The lowest BCUT2D eigenvalue weighted by molar-refractivity contribution is 0.0676. The molecule has 1 aromatic heterocycles. The molecule has 0 radical (unpaired) electrons. The van der Waals surface area contributed by atoms with Crippen molar-refractivity contribution >= 4 is 11.5 Å². The second-order valence-corrected chi connectivity index (χ2v) is 3.86. The Bertz CT molecular complexity index is 274. The fourth-order valence-electron chi connectivity index (χ4n) is 1.36. The maximum Gasteiger partial charge on any atom is 0.225 e. The van der Waals surface area contributed by atoms with Crippen molar-refractivity contribution in [3.63, 3.8) is 0 Å². The van der Waals surface area contributed by atoms with Gasteiger partial charge in [-0.1, -0.05) is 0 Å². The van der Waals surface area contributed by atoms with Gasteiger partial charge in [-0.05, 0) is 24.4 Å². The third-order valence-electron chi connectivity index (χ3n) is 2.32. The minimum absolute atomic E-state index is 0.157. The summed E-state index contributed by atoms with van der Waals surface area (Å²) >= 11 is 1.43. The Balaban J connectivity index is 2.12. The van der Waals surface area contributed by atoms with Crippen molar-refractivity contribution in [3.8, 4) is 5.88 Å². The van der Waals surface area contributed by atoms with E-state index in [1.165, 1.54) is 11.5 Å². The van der Waals surface area contributed by atoms with E-state index in [4.69, 9.17) is 4.74 Å². The quantitative estimate of drug-likeness (QED) is 0.757. The van der Waals surface area contributed by atoms with Crippen LogP contribution in [-0.2, 0) is 0 Å². The maximum atomic E-state index is 9.38. The van der Waals surface area contributed by atoms with Crippen LogP contribution < -0.4 is 4.74 Å². The number of aliphatic hydroxyl groups is 1. The first-order valence-electron chi connectivity index (χ1n) is 4.00. The Kier molecular flexibility index (Phi) is 2.02. The van der Waals surface area contributed by atoms with Crippen LogP contribution in [0.1, 0.15) is 23.6 Å². The van der Waals surface area contributed by atoms with Crippen LogP contribution in [0.2, 0.25) is 0 Å². The lowest BCUT2D eigenvalue weighted by atomic mass is 9.81. The van der Waals surface area contributed by atoms with Crippen LogP contribution in [-0.4, -0.2) is 22.7 Å². The van der Waals surface area contributed by atoms with Crippen molar-refractivity contribution in [3.05, 3.63) is 10.9 Å². The molecule has 0 aliphatic heterocycles. The van der Waals surface area contributed by atoms with Crippen molar-refractivity contribution in [2.24, 2.45) is 0 Å². The van der Waals surface area contributed by atoms with E-state index in [1.807, 2.05) is 6.07 Å². The van der Waals surface area contributed by atoms with Gasteiger partial charge in [-0.2, -0.15) is 4.37 Å². The fraction of sp³-hybridized carbons (Fsp3) is 0.625. The molecule has 0 aromatic carbocycles. The summed E-state index contributed by atoms with van der Waals surface area (Å²) in [6.07, 6.45) is 1.84. The van der Waals surface area contributed by atoms with Gasteiger partial charge in [0.25, 0.3) is 0 Å². The highest BCUT2D eigenvalue weighted by atomic mass is 32.1. The SMILES string of the molecule is COc1cc(C2CCC2O)sn1. The summed E-state index contributed by atoms with van der Waals surface area (Å²) in [5, 5.41) is 9.38. The molecule has 12 heavy (non-hydrogen) atoms. The van der Waals surface area contributed by atoms with E-state index < -0.39 is 0 Å². The molecule has 1 aromatic rings. The maximum absolute atomic E-state index is 9.38. The number of hydrogen-bond acceptors (Lipinski definition) is 4. The van der Waals surface area contributed by atoms with Crippen molar-refractivity contribution in [1.29, 1.82) is 0 Å². The number of methoxy groups -OCH3 is 1. The molecule has 1 aliphatic carbocycles. The molecule has 1 heterocycles. The Hall–Kier alpha value is -0.610. The van der Waals surface area contributed by atoms with E-state index in [-0.39, 0.29) is 6.10 Å². The smallest absolute Gasteiger partial charge is 0.225 e. The highest BCUT2D eigenvalue weighted by Crippen LogP contribution is 2.39. The molecule has 2 unspecified atom stereocenters. The number of aliphatic hydroxyl groups excluding tert-OH is 1. The Labute approximate surface area is 75.2 Å². The highest BCUT2D eigenvalue weighted by Gasteiger charge is 2.31. The Morgan fingerprint density at radius 2 is 2.50 bits per heavy atom. The number of aromatic nitrogens is 1. The Morgan fingerprint density at radius 1 is 1.67 bits per heavy atom. The van der Waals surface area contributed by atoms with Crippen LogP contribution in [0.15, 0.2) is 6.07 Å². The van der Waals surface area contributed by atoms with Crippen molar-refractivity contribution in [1.82, 2.24) is 4.37 Å². The molecule has 4 heteroatoms. The molecule has 0 amide bonds. The molecular formula is C8H11NO2S. The van der Waals surface area contributed by atoms with Crippen LogP contribution in [0.25, 0.3) is 0 Å². The summed E-state index contributed by atoms with van der Waals surface area (Å²) in [5.41, 5.74) is 0. The van der Waals surface area contributed by atoms with Gasteiger partial charge in [0.15, 0.2) is 0 Å². The molecule has 0 bridgehead atoms. The van der Waals surface area contributed by atoms with Crippen LogP contribution >= 0.6 is 11.5 Å². The largest absolute Gasteiger partial charge is 0.480 e. The van der Waals surface area contributed by atoms with E-state index in [1.54, 1.807) is 7.11 Å². The van der Waals surface area contributed by atoms with Gasteiger partial charge in [-0.3, -0.25) is 0 Å². The molecule has 1 aliphatic rings. The molecule has 66 valence electrons. The first kappa shape index (κ1) is 8.01. The topological polar surface area (TPSA) is 42.4 Å². The van der Waals surface area contributed by atoms with E-state index in [9.17, 15) is 5.11 Å². The monoisotopic (exact) mass is 185 g/mol. The molecule has 1 fully saturated rings. The number of nitrogens with zero attached hydrogens (tertiary/aromatic N) is 1. The summed E-state index contributed by atoms with van der Waals surface area (Å²) in [6, 6.07) is 1.91. The molecule has 1 N–H and O–H groups in total. The van der Waals surface area contributed by atoms with Crippen molar-refractivity contribution in [2.75, 3.05) is 7.11 Å². The average molecular weight is 185 g/mol. The fourth-order valence-corrected chi connectivity index (χ4v) is 2.24. The highest BCUT2D eigenvalue weighted by molar-refractivity contribution is 7.06. The van der Waals surface area contributed by atoms with Gasteiger partial charge in [0.1, 0.15) is 0 Å². The summed E-state index contributed by atoms with van der Waals surface area (Å²) in [4.78, 5) is 1.14. The van der Waals surface area contributed by atoms with Gasteiger partial charge in [-0.15, -0.1) is 0 Å². The molecule has 2 atom stereocenters. The lowest BCUT2D eigenvalue weighted by Crippen LogP contribution is -2.27. The second kappa shape index (κ2) is 3.03. The Morgan fingerprint density at radius 3 is 2.92 bits per heavy atom. The van der Waals surface area contributed by atoms with E-state index in [0.29, 0.717) is 11.8 Å². The minimum atomic E-state index is -0.157. The van der Waals surface area contributed by atoms with E-state index in [2.05, 4.69) is 4.37 Å². The summed E-state index contributed by atoms with van der Waals surface area (Å²) < 4.78 is 9.05.